The molecule has 4 nitrogen and oxygen atoms in total. The smallest absolute Gasteiger partial charge is 0.206 e. The number of aromatic nitrogens is 2. The zero-order chi connectivity index (χ0) is 18.3. The van der Waals surface area contributed by atoms with Gasteiger partial charge in [0.15, 0.2) is 0 Å². The van der Waals surface area contributed by atoms with Crippen LogP contribution >= 0.6 is 11.3 Å². The Morgan fingerprint density at radius 1 is 0.926 bits per heavy atom. The molecule has 0 spiro atoms. The molecule has 0 fully saturated rings. The van der Waals surface area contributed by atoms with E-state index in [-0.39, 0.29) is 0 Å². The van der Waals surface area contributed by atoms with Crippen molar-refractivity contribution in [2.45, 2.75) is 6.54 Å². The summed E-state index contributed by atoms with van der Waals surface area (Å²) in [6.07, 6.45) is 5.36. The van der Waals surface area contributed by atoms with Crippen LogP contribution in [0, 0.1) is 0 Å². The zero-order valence-corrected chi connectivity index (χ0v) is 15.5. The topological polar surface area (TPSA) is 42.5 Å². The van der Waals surface area contributed by atoms with Gasteiger partial charge >= 0.3 is 0 Å². The van der Waals surface area contributed by atoms with E-state index >= 15 is 0 Å². The summed E-state index contributed by atoms with van der Waals surface area (Å²) in [5.74, 6) is 0. The lowest BCUT2D eigenvalue weighted by molar-refractivity contribution is 0.824. The zero-order valence-electron chi connectivity index (χ0n) is 14.6. The number of nitrogens with zero attached hydrogens (tertiary/aromatic N) is 4. The molecule has 4 aromatic rings. The molecule has 132 valence electrons. The third-order valence-corrected chi connectivity index (χ3v) is 4.86. The van der Waals surface area contributed by atoms with Crippen LogP contribution < -0.4 is 4.80 Å². The molecule has 2 aromatic carbocycles. The number of rotatable bonds is 5. The molecule has 0 aliphatic rings. The van der Waals surface area contributed by atoms with Gasteiger partial charge in [-0.1, -0.05) is 66.7 Å². The molecule has 0 atom stereocenters. The van der Waals surface area contributed by atoms with E-state index in [0.29, 0.717) is 6.54 Å². The average Bonchev–Trinajstić information content (AvgIpc) is 3.15. The second kappa shape index (κ2) is 8.38. The summed E-state index contributed by atoms with van der Waals surface area (Å²) < 4.78 is 1.90. The highest BCUT2D eigenvalue weighted by atomic mass is 32.1. The Bertz CT molecular complexity index is 1080. The van der Waals surface area contributed by atoms with Gasteiger partial charge in [-0.25, -0.2) is 4.68 Å². The molecule has 4 rings (SSSR count). The van der Waals surface area contributed by atoms with Crippen LogP contribution in [0.3, 0.4) is 0 Å². The summed E-state index contributed by atoms with van der Waals surface area (Å²) in [6.45, 7) is 0.623. The van der Waals surface area contributed by atoms with Gasteiger partial charge in [0, 0.05) is 28.9 Å². The highest BCUT2D eigenvalue weighted by Crippen LogP contribution is 2.19. The van der Waals surface area contributed by atoms with Crippen molar-refractivity contribution in [1.82, 2.24) is 9.66 Å². The molecular formula is C22H18N4S. The van der Waals surface area contributed by atoms with Crippen LogP contribution in [0.5, 0.6) is 0 Å². The molecule has 27 heavy (non-hydrogen) atoms. The van der Waals surface area contributed by atoms with Crippen LogP contribution in [-0.4, -0.2) is 15.9 Å². The molecule has 0 aliphatic heterocycles. The first-order valence-corrected chi connectivity index (χ1v) is 9.53. The quantitative estimate of drug-likeness (QED) is 0.474. The highest BCUT2D eigenvalue weighted by Gasteiger charge is 2.07. The number of thiazole rings is 1. The maximum absolute atomic E-state index is 4.79. The second-order valence-corrected chi connectivity index (χ2v) is 6.75. The van der Waals surface area contributed by atoms with Crippen molar-refractivity contribution in [1.29, 1.82) is 0 Å². The lowest BCUT2D eigenvalue weighted by Crippen LogP contribution is -2.12. The number of hydrogen-bond acceptors (Lipinski definition) is 4. The molecule has 0 N–H and O–H groups in total. The van der Waals surface area contributed by atoms with E-state index < -0.39 is 0 Å². The first-order valence-electron chi connectivity index (χ1n) is 8.65. The fourth-order valence-corrected chi connectivity index (χ4v) is 3.48. The highest BCUT2D eigenvalue weighted by molar-refractivity contribution is 7.07. The average molecular weight is 370 g/mol. The molecule has 0 bridgehead atoms. The Hall–Kier alpha value is -3.31. The van der Waals surface area contributed by atoms with Gasteiger partial charge in [0.25, 0.3) is 0 Å². The Balaban J connectivity index is 1.75. The largest absolute Gasteiger partial charge is 0.264 e. The fourth-order valence-electron chi connectivity index (χ4n) is 2.65. The molecule has 5 heteroatoms. The minimum Gasteiger partial charge on any atom is -0.264 e. The van der Waals surface area contributed by atoms with Gasteiger partial charge in [-0.05, 0) is 11.6 Å². The fraction of sp³-hybridized carbons (Fsp3) is 0.0455. The Kier molecular flexibility index (Phi) is 5.31. The predicted octanol–water partition coefficient (Wildman–Crippen LogP) is 4.59. The van der Waals surface area contributed by atoms with E-state index in [1.54, 1.807) is 23.7 Å². The Morgan fingerprint density at radius 2 is 1.70 bits per heavy atom. The first kappa shape index (κ1) is 17.1. The Labute approximate surface area is 161 Å². The van der Waals surface area contributed by atoms with E-state index in [0.717, 1.165) is 21.6 Å². The van der Waals surface area contributed by atoms with Gasteiger partial charge in [-0.3, -0.25) is 9.98 Å². The monoisotopic (exact) mass is 370 g/mol. The van der Waals surface area contributed by atoms with Crippen LogP contribution in [0.4, 0.5) is 0 Å². The molecule has 0 radical (unpaired) electrons. The molecular weight excluding hydrogens is 352 g/mol. The van der Waals surface area contributed by atoms with Crippen molar-refractivity contribution in [3.05, 3.63) is 106 Å². The number of hydrogen-bond donors (Lipinski definition) is 0. The maximum Gasteiger partial charge on any atom is 0.206 e. The lowest BCUT2D eigenvalue weighted by atomic mass is 10.2. The molecule has 0 saturated carbocycles. The molecule has 0 saturated heterocycles. The van der Waals surface area contributed by atoms with E-state index in [1.807, 2.05) is 59.4 Å². The third-order valence-electron chi connectivity index (χ3n) is 4.00. The summed E-state index contributed by atoms with van der Waals surface area (Å²) in [5, 5.41) is 6.79. The summed E-state index contributed by atoms with van der Waals surface area (Å²) in [6, 6.07) is 24.4. The predicted molar refractivity (Wildman–Crippen MR) is 111 cm³/mol. The van der Waals surface area contributed by atoms with Crippen LogP contribution in [0.1, 0.15) is 11.1 Å². The maximum atomic E-state index is 4.79. The molecule has 0 aliphatic carbocycles. The minimum absolute atomic E-state index is 0.623. The van der Waals surface area contributed by atoms with E-state index in [9.17, 15) is 0 Å². The molecule has 0 unspecified atom stereocenters. The SMILES string of the molecule is C(=Nn1c(-c2ccccc2)csc1=NCc1ccccc1)c1cccnc1. The van der Waals surface area contributed by atoms with E-state index in [2.05, 4.69) is 34.6 Å². The van der Waals surface area contributed by atoms with Crippen LogP contribution in [0.25, 0.3) is 11.3 Å². The lowest BCUT2D eigenvalue weighted by Gasteiger charge is -2.03. The summed E-state index contributed by atoms with van der Waals surface area (Å²) in [4.78, 5) is 9.79. The van der Waals surface area contributed by atoms with Crippen molar-refractivity contribution >= 4 is 17.6 Å². The van der Waals surface area contributed by atoms with Crippen molar-refractivity contribution < 1.29 is 0 Å². The third kappa shape index (κ3) is 4.27. The first-order chi connectivity index (χ1) is 13.4. The van der Waals surface area contributed by atoms with Crippen molar-refractivity contribution in [3.8, 4) is 11.3 Å². The van der Waals surface area contributed by atoms with Crippen molar-refractivity contribution in [3.63, 3.8) is 0 Å². The van der Waals surface area contributed by atoms with Gasteiger partial charge in [0.2, 0.25) is 4.80 Å². The van der Waals surface area contributed by atoms with Gasteiger partial charge < -0.3 is 0 Å². The van der Waals surface area contributed by atoms with Gasteiger partial charge in [-0.15, -0.1) is 11.3 Å². The Morgan fingerprint density at radius 3 is 2.44 bits per heavy atom. The van der Waals surface area contributed by atoms with Crippen molar-refractivity contribution in [2.75, 3.05) is 0 Å². The van der Waals surface area contributed by atoms with Gasteiger partial charge in [-0.2, -0.15) is 5.10 Å². The summed E-state index contributed by atoms with van der Waals surface area (Å²) in [5.41, 5.74) is 4.25. The van der Waals surface area contributed by atoms with E-state index in [4.69, 9.17) is 10.1 Å². The van der Waals surface area contributed by atoms with Crippen LogP contribution in [0.15, 0.2) is 101 Å². The molecule has 0 amide bonds. The van der Waals surface area contributed by atoms with Crippen LogP contribution in [0.2, 0.25) is 0 Å². The number of pyridine rings is 1. The normalized spacial score (nSPS) is 11.9. The summed E-state index contributed by atoms with van der Waals surface area (Å²) in [7, 11) is 0. The van der Waals surface area contributed by atoms with Crippen molar-refractivity contribution in [2.24, 2.45) is 10.1 Å². The second-order valence-electron chi connectivity index (χ2n) is 5.91. The van der Waals surface area contributed by atoms with Crippen LogP contribution in [-0.2, 0) is 6.54 Å². The van der Waals surface area contributed by atoms with Gasteiger partial charge in [0.05, 0.1) is 18.5 Å². The summed E-state index contributed by atoms with van der Waals surface area (Å²) >= 11 is 1.59. The molecule has 2 aromatic heterocycles. The standard InChI is InChI=1S/C22H18N4S/c1-3-8-18(9-4-1)15-24-22-26(25-16-19-10-7-13-23-14-19)21(17-27-22)20-11-5-2-6-12-20/h1-14,16-17H,15H2. The van der Waals surface area contributed by atoms with Gasteiger partial charge in [0.1, 0.15) is 0 Å². The number of benzene rings is 2. The molecule has 2 heterocycles. The minimum atomic E-state index is 0.623. The van der Waals surface area contributed by atoms with E-state index in [1.165, 1.54) is 5.56 Å².